The third-order valence-electron chi connectivity index (χ3n) is 4.46. The van der Waals surface area contributed by atoms with Crippen LogP contribution in [0.5, 0.6) is 0 Å². The van der Waals surface area contributed by atoms with Gasteiger partial charge in [0.05, 0.1) is 12.0 Å². The number of hydrogen-bond acceptors (Lipinski definition) is 3. The molecule has 5 nitrogen and oxygen atoms in total. The van der Waals surface area contributed by atoms with Gasteiger partial charge in [0.1, 0.15) is 11.5 Å². The molecule has 0 saturated heterocycles. The van der Waals surface area contributed by atoms with E-state index in [-0.39, 0.29) is 5.69 Å². The molecule has 2 heterocycles. The number of imidazole rings is 1. The van der Waals surface area contributed by atoms with Crippen molar-refractivity contribution < 1.29 is 8.78 Å². The van der Waals surface area contributed by atoms with Crippen LogP contribution in [0.2, 0.25) is 0 Å². The standard InChI is InChI=1S/C19H23F2N5/c1-13(11-25-7-6-22-12-25)9-23-10-17-14(2)24-26(15(17)3)19-5-4-16(20)8-18(19)21/h4-8,12-13,23H,9-11H2,1-3H3. The number of rotatable bonds is 7. The van der Waals surface area contributed by atoms with Gasteiger partial charge in [-0.25, -0.2) is 18.4 Å². The second kappa shape index (κ2) is 7.78. The molecule has 1 unspecified atom stereocenters. The average Bonchev–Trinajstić information content (AvgIpc) is 3.18. The molecule has 0 aliphatic heterocycles. The third-order valence-corrected chi connectivity index (χ3v) is 4.46. The second-order valence-corrected chi connectivity index (χ2v) is 6.65. The molecule has 0 amide bonds. The first kappa shape index (κ1) is 18.3. The highest BCUT2D eigenvalue weighted by atomic mass is 19.1. The van der Waals surface area contributed by atoms with Crippen LogP contribution in [0.3, 0.4) is 0 Å². The number of hydrogen-bond donors (Lipinski definition) is 1. The zero-order valence-corrected chi connectivity index (χ0v) is 15.2. The van der Waals surface area contributed by atoms with Crippen molar-refractivity contribution in [1.29, 1.82) is 0 Å². The van der Waals surface area contributed by atoms with Crippen LogP contribution in [-0.4, -0.2) is 25.9 Å². The van der Waals surface area contributed by atoms with Crippen LogP contribution in [0, 0.1) is 31.4 Å². The van der Waals surface area contributed by atoms with Gasteiger partial charge in [0, 0.05) is 42.8 Å². The zero-order valence-electron chi connectivity index (χ0n) is 15.2. The Hall–Kier alpha value is -2.54. The number of nitrogens with one attached hydrogen (secondary N) is 1. The molecule has 0 radical (unpaired) electrons. The minimum absolute atomic E-state index is 0.256. The molecule has 26 heavy (non-hydrogen) atoms. The van der Waals surface area contributed by atoms with E-state index in [1.54, 1.807) is 6.20 Å². The van der Waals surface area contributed by atoms with Gasteiger partial charge in [-0.05, 0) is 38.4 Å². The lowest BCUT2D eigenvalue weighted by molar-refractivity contribution is 0.444. The van der Waals surface area contributed by atoms with E-state index in [2.05, 4.69) is 26.9 Å². The van der Waals surface area contributed by atoms with Crippen LogP contribution < -0.4 is 5.32 Å². The van der Waals surface area contributed by atoms with Gasteiger partial charge in [-0.1, -0.05) is 6.92 Å². The fourth-order valence-corrected chi connectivity index (χ4v) is 3.08. The predicted molar refractivity (Wildman–Crippen MR) is 96.1 cm³/mol. The van der Waals surface area contributed by atoms with E-state index in [9.17, 15) is 8.78 Å². The summed E-state index contributed by atoms with van der Waals surface area (Å²) >= 11 is 0. The van der Waals surface area contributed by atoms with Crippen LogP contribution in [0.4, 0.5) is 8.78 Å². The molecule has 0 fully saturated rings. The highest BCUT2D eigenvalue weighted by Gasteiger charge is 2.16. The molecule has 1 aromatic carbocycles. The van der Waals surface area contributed by atoms with Crippen molar-refractivity contribution in [2.24, 2.45) is 5.92 Å². The Morgan fingerprint density at radius 1 is 1.23 bits per heavy atom. The largest absolute Gasteiger partial charge is 0.337 e. The molecule has 0 aliphatic carbocycles. The molecule has 1 N–H and O–H groups in total. The third kappa shape index (κ3) is 3.99. The van der Waals surface area contributed by atoms with Gasteiger partial charge in [-0.15, -0.1) is 0 Å². The number of aryl methyl sites for hydroxylation is 1. The maximum Gasteiger partial charge on any atom is 0.151 e. The number of benzene rings is 1. The first-order chi connectivity index (χ1) is 12.5. The molecule has 0 spiro atoms. The lowest BCUT2D eigenvalue weighted by Crippen LogP contribution is -2.24. The summed E-state index contributed by atoms with van der Waals surface area (Å²) in [5.41, 5.74) is 2.97. The van der Waals surface area contributed by atoms with Crippen molar-refractivity contribution in [2.75, 3.05) is 6.54 Å². The highest BCUT2D eigenvalue weighted by molar-refractivity contribution is 5.38. The van der Waals surface area contributed by atoms with Crippen molar-refractivity contribution >= 4 is 0 Å². The van der Waals surface area contributed by atoms with Gasteiger partial charge in [0.25, 0.3) is 0 Å². The minimum Gasteiger partial charge on any atom is -0.337 e. The molecule has 1 atom stereocenters. The Balaban J connectivity index is 1.66. The van der Waals surface area contributed by atoms with E-state index >= 15 is 0 Å². The molecular formula is C19H23F2N5. The van der Waals surface area contributed by atoms with Crippen LogP contribution in [0.1, 0.15) is 23.9 Å². The summed E-state index contributed by atoms with van der Waals surface area (Å²) in [5.74, 6) is -0.778. The molecule has 0 saturated carbocycles. The van der Waals surface area contributed by atoms with Crippen LogP contribution in [-0.2, 0) is 13.1 Å². The van der Waals surface area contributed by atoms with Crippen LogP contribution in [0.25, 0.3) is 5.69 Å². The maximum atomic E-state index is 14.1. The Bertz CT molecular complexity index is 870. The monoisotopic (exact) mass is 359 g/mol. The number of aromatic nitrogens is 4. The van der Waals surface area contributed by atoms with Gasteiger partial charge in [-0.2, -0.15) is 5.10 Å². The lowest BCUT2D eigenvalue weighted by Gasteiger charge is -2.13. The topological polar surface area (TPSA) is 47.7 Å². The average molecular weight is 359 g/mol. The smallest absolute Gasteiger partial charge is 0.151 e. The molecule has 3 rings (SSSR count). The molecule has 7 heteroatoms. The van der Waals surface area contributed by atoms with E-state index in [1.807, 2.05) is 26.4 Å². The highest BCUT2D eigenvalue weighted by Crippen LogP contribution is 2.20. The van der Waals surface area contributed by atoms with Gasteiger partial charge in [-0.3, -0.25) is 0 Å². The van der Waals surface area contributed by atoms with E-state index in [0.29, 0.717) is 12.5 Å². The van der Waals surface area contributed by atoms with Gasteiger partial charge >= 0.3 is 0 Å². The van der Waals surface area contributed by atoms with E-state index in [1.165, 1.54) is 16.8 Å². The molecular weight excluding hydrogens is 336 g/mol. The van der Waals surface area contributed by atoms with Crippen molar-refractivity contribution in [3.8, 4) is 5.69 Å². The Kier molecular flexibility index (Phi) is 5.46. The molecule has 138 valence electrons. The fraction of sp³-hybridized carbons (Fsp3) is 0.368. The van der Waals surface area contributed by atoms with Gasteiger partial charge in [0.2, 0.25) is 0 Å². The van der Waals surface area contributed by atoms with E-state index < -0.39 is 11.6 Å². The Morgan fingerprint density at radius 2 is 2.04 bits per heavy atom. The first-order valence-corrected chi connectivity index (χ1v) is 8.62. The van der Waals surface area contributed by atoms with Crippen LogP contribution >= 0.6 is 0 Å². The van der Waals surface area contributed by atoms with Crippen molar-refractivity contribution in [3.05, 3.63) is 65.5 Å². The van der Waals surface area contributed by atoms with Crippen LogP contribution in [0.15, 0.2) is 36.9 Å². The number of halogens is 2. The van der Waals surface area contributed by atoms with Crippen molar-refractivity contribution in [3.63, 3.8) is 0 Å². The first-order valence-electron chi connectivity index (χ1n) is 8.62. The second-order valence-electron chi connectivity index (χ2n) is 6.65. The lowest BCUT2D eigenvalue weighted by atomic mass is 10.1. The summed E-state index contributed by atoms with van der Waals surface area (Å²) in [4.78, 5) is 4.05. The number of nitrogens with zero attached hydrogens (tertiary/aromatic N) is 4. The van der Waals surface area contributed by atoms with Crippen molar-refractivity contribution in [2.45, 2.75) is 33.9 Å². The SMILES string of the molecule is Cc1nn(-c2ccc(F)cc2F)c(C)c1CNCC(C)Cn1ccnc1. The molecule has 3 aromatic rings. The normalized spacial score (nSPS) is 12.5. The Labute approximate surface area is 151 Å². The van der Waals surface area contributed by atoms with E-state index in [0.717, 1.165) is 36.1 Å². The molecule has 2 aromatic heterocycles. The predicted octanol–water partition coefficient (Wildman–Crippen LogP) is 3.39. The summed E-state index contributed by atoms with van der Waals surface area (Å²) in [6.07, 6.45) is 5.54. The fourth-order valence-electron chi connectivity index (χ4n) is 3.08. The summed E-state index contributed by atoms with van der Waals surface area (Å²) in [6, 6.07) is 3.53. The Morgan fingerprint density at radius 3 is 2.73 bits per heavy atom. The van der Waals surface area contributed by atoms with Gasteiger partial charge in [0.15, 0.2) is 5.82 Å². The minimum atomic E-state index is -0.621. The quantitative estimate of drug-likeness (QED) is 0.703. The summed E-state index contributed by atoms with van der Waals surface area (Å²) < 4.78 is 30.8. The van der Waals surface area contributed by atoms with Gasteiger partial charge < -0.3 is 9.88 Å². The summed E-state index contributed by atoms with van der Waals surface area (Å²) in [5, 5.41) is 7.87. The zero-order chi connectivity index (χ0) is 18.7. The molecule has 0 aliphatic rings. The summed E-state index contributed by atoms with van der Waals surface area (Å²) in [6.45, 7) is 8.35. The van der Waals surface area contributed by atoms with Crippen molar-refractivity contribution in [1.82, 2.24) is 24.6 Å². The molecule has 0 bridgehead atoms. The summed E-state index contributed by atoms with van der Waals surface area (Å²) in [7, 11) is 0. The van der Waals surface area contributed by atoms with E-state index in [4.69, 9.17) is 0 Å². The maximum absolute atomic E-state index is 14.1.